The van der Waals surface area contributed by atoms with E-state index in [9.17, 15) is 0 Å². The fraction of sp³-hybridized carbons (Fsp3) is 0.526. The highest BCUT2D eigenvalue weighted by Gasteiger charge is 2.15. The SMILES string of the molecule is C#CCNC(=NCc1ccc(N2CCC(C)CC2)cc1)NCC. The number of hydrogen-bond acceptors (Lipinski definition) is 2. The Morgan fingerprint density at radius 1 is 1.26 bits per heavy atom. The Labute approximate surface area is 140 Å². The Balaban J connectivity index is 1.92. The monoisotopic (exact) mass is 312 g/mol. The quantitative estimate of drug-likeness (QED) is 0.499. The van der Waals surface area contributed by atoms with Gasteiger partial charge in [0.2, 0.25) is 0 Å². The van der Waals surface area contributed by atoms with Gasteiger partial charge in [0.25, 0.3) is 0 Å². The first kappa shape index (κ1) is 17.2. The average Bonchev–Trinajstić information content (AvgIpc) is 2.58. The van der Waals surface area contributed by atoms with Crippen molar-refractivity contribution in [1.29, 1.82) is 0 Å². The first-order chi connectivity index (χ1) is 11.2. The third-order valence-corrected chi connectivity index (χ3v) is 4.21. The minimum Gasteiger partial charge on any atom is -0.372 e. The molecule has 0 amide bonds. The van der Waals surface area contributed by atoms with E-state index in [0.717, 1.165) is 18.4 Å². The number of rotatable bonds is 5. The molecule has 2 N–H and O–H groups in total. The molecule has 4 heteroatoms. The third-order valence-electron chi connectivity index (χ3n) is 4.21. The van der Waals surface area contributed by atoms with Crippen LogP contribution < -0.4 is 15.5 Å². The summed E-state index contributed by atoms with van der Waals surface area (Å²) in [4.78, 5) is 7.04. The van der Waals surface area contributed by atoms with E-state index in [1.165, 1.54) is 37.2 Å². The highest BCUT2D eigenvalue weighted by molar-refractivity contribution is 5.79. The highest BCUT2D eigenvalue weighted by atomic mass is 15.2. The van der Waals surface area contributed by atoms with Crippen LogP contribution in [0.4, 0.5) is 5.69 Å². The maximum Gasteiger partial charge on any atom is 0.192 e. The van der Waals surface area contributed by atoms with Crippen LogP contribution in [0.15, 0.2) is 29.3 Å². The second-order valence-corrected chi connectivity index (χ2v) is 6.09. The maximum absolute atomic E-state index is 5.28. The predicted octanol–water partition coefficient (Wildman–Crippen LogP) is 2.61. The van der Waals surface area contributed by atoms with Crippen LogP contribution in [-0.4, -0.2) is 32.1 Å². The van der Waals surface area contributed by atoms with Crippen LogP contribution in [0.2, 0.25) is 0 Å². The molecule has 23 heavy (non-hydrogen) atoms. The number of nitrogens with zero attached hydrogens (tertiary/aromatic N) is 2. The van der Waals surface area contributed by atoms with Gasteiger partial charge in [-0.15, -0.1) is 6.42 Å². The summed E-state index contributed by atoms with van der Waals surface area (Å²) in [5, 5.41) is 6.29. The molecule has 124 valence electrons. The molecule has 1 aromatic rings. The van der Waals surface area contributed by atoms with Gasteiger partial charge in [0.05, 0.1) is 13.1 Å². The number of piperidine rings is 1. The minimum absolute atomic E-state index is 0.484. The Kier molecular flexibility index (Phi) is 6.80. The van der Waals surface area contributed by atoms with Crippen molar-refractivity contribution in [2.24, 2.45) is 10.9 Å². The smallest absolute Gasteiger partial charge is 0.192 e. The number of benzene rings is 1. The summed E-state index contributed by atoms with van der Waals surface area (Å²) in [5.74, 6) is 4.19. The van der Waals surface area contributed by atoms with Crippen molar-refractivity contribution in [3.8, 4) is 12.3 Å². The molecule has 1 aliphatic rings. The van der Waals surface area contributed by atoms with E-state index < -0.39 is 0 Å². The summed E-state index contributed by atoms with van der Waals surface area (Å²) in [6.45, 7) is 8.67. The standard InChI is InChI=1S/C19H28N4/c1-4-12-21-19(20-5-2)22-15-17-6-8-18(9-7-17)23-13-10-16(3)11-14-23/h1,6-9,16H,5,10-15H2,2-3H3,(H2,20,21,22). The Bertz CT molecular complexity index is 533. The molecule has 2 rings (SSSR count). The van der Waals surface area contributed by atoms with Gasteiger partial charge in [0.1, 0.15) is 0 Å². The number of aliphatic imine (C=N–C) groups is 1. The van der Waals surface area contributed by atoms with Crippen LogP contribution in [0.3, 0.4) is 0 Å². The molecule has 0 aliphatic carbocycles. The zero-order valence-corrected chi connectivity index (χ0v) is 14.3. The topological polar surface area (TPSA) is 39.7 Å². The van der Waals surface area contributed by atoms with E-state index in [2.05, 4.69) is 57.6 Å². The Hall–Kier alpha value is -2.15. The number of hydrogen-bond donors (Lipinski definition) is 2. The lowest BCUT2D eigenvalue weighted by atomic mass is 9.99. The number of guanidine groups is 1. The molecular weight excluding hydrogens is 284 g/mol. The maximum atomic E-state index is 5.28. The molecule has 0 saturated carbocycles. The molecule has 1 saturated heterocycles. The first-order valence-corrected chi connectivity index (χ1v) is 8.52. The predicted molar refractivity (Wildman–Crippen MR) is 98.7 cm³/mol. The zero-order chi connectivity index (χ0) is 16.5. The molecule has 0 unspecified atom stereocenters. The molecule has 0 radical (unpaired) electrons. The van der Waals surface area contributed by atoms with Crippen molar-refractivity contribution in [2.45, 2.75) is 33.2 Å². The second-order valence-electron chi connectivity index (χ2n) is 6.09. The van der Waals surface area contributed by atoms with E-state index in [4.69, 9.17) is 6.42 Å². The van der Waals surface area contributed by atoms with Crippen LogP contribution in [0.1, 0.15) is 32.3 Å². The second kappa shape index (κ2) is 9.09. The van der Waals surface area contributed by atoms with Crippen LogP contribution in [0.25, 0.3) is 0 Å². The third kappa shape index (κ3) is 5.52. The molecule has 1 aliphatic heterocycles. The van der Waals surface area contributed by atoms with E-state index in [1.54, 1.807) is 0 Å². The number of nitrogens with one attached hydrogen (secondary N) is 2. The van der Waals surface area contributed by atoms with Crippen molar-refractivity contribution in [3.05, 3.63) is 29.8 Å². The average molecular weight is 312 g/mol. The fourth-order valence-electron chi connectivity index (χ4n) is 2.73. The largest absolute Gasteiger partial charge is 0.372 e. The fourth-order valence-corrected chi connectivity index (χ4v) is 2.73. The van der Waals surface area contributed by atoms with E-state index in [0.29, 0.717) is 13.1 Å². The Morgan fingerprint density at radius 2 is 1.96 bits per heavy atom. The van der Waals surface area contributed by atoms with Crippen molar-refractivity contribution in [2.75, 3.05) is 31.1 Å². The van der Waals surface area contributed by atoms with Gasteiger partial charge in [-0.05, 0) is 43.4 Å². The number of terminal acetylenes is 1. The lowest BCUT2D eigenvalue weighted by Gasteiger charge is -2.32. The summed E-state index contributed by atoms with van der Waals surface area (Å²) >= 11 is 0. The Morgan fingerprint density at radius 3 is 2.57 bits per heavy atom. The van der Waals surface area contributed by atoms with Crippen molar-refractivity contribution in [3.63, 3.8) is 0 Å². The summed E-state index contributed by atoms with van der Waals surface area (Å²) in [6.07, 6.45) is 7.86. The highest BCUT2D eigenvalue weighted by Crippen LogP contribution is 2.23. The number of anilines is 1. The van der Waals surface area contributed by atoms with Crippen LogP contribution >= 0.6 is 0 Å². The summed E-state index contributed by atoms with van der Waals surface area (Å²) in [7, 11) is 0. The van der Waals surface area contributed by atoms with Gasteiger partial charge in [-0.3, -0.25) is 0 Å². The molecule has 4 nitrogen and oxygen atoms in total. The van der Waals surface area contributed by atoms with Crippen LogP contribution in [0, 0.1) is 18.3 Å². The molecule has 1 fully saturated rings. The molecule has 0 atom stereocenters. The van der Waals surface area contributed by atoms with Crippen molar-refractivity contribution >= 4 is 11.6 Å². The van der Waals surface area contributed by atoms with E-state index in [1.807, 2.05) is 6.92 Å². The van der Waals surface area contributed by atoms with Gasteiger partial charge in [0.15, 0.2) is 5.96 Å². The molecule has 1 aromatic carbocycles. The zero-order valence-electron chi connectivity index (χ0n) is 14.3. The van der Waals surface area contributed by atoms with Crippen LogP contribution in [0.5, 0.6) is 0 Å². The summed E-state index contributed by atoms with van der Waals surface area (Å²) in [5.41, 5.74) is 2.53. The van der Waals surface area contributed by atoms with Crippen molar-refractivity contribution in [1.82, 2.24) is 10.6 Å². The van der Waals surface area contributed by atoms with Gasteiger partial charge >= 0.3 is 0 Å². The van der Waals surface area contributed by atoms with E-state index in [-0.39, 0.29) is 0 Å². The molecular formula is C19H28N4. The van der Waals surface area contributed by atoms with E-state index >= 15 is 0 Å². The molecule has 0 aromatic heterocycles. The van der Waals surface area contributed by atoms with Gasteiger partial charge in [-0.2, -0.15) is 0 Å². The normalized spacial score (nSPS) is 16.0. The summed E-state index contributed by atoms with van der Waals surface area (Å²) in [6, 6.07) is 8.76. The lowest BCUT2D eigenvalue weighted by molar-refractivity contribution is 0.438. The van der Waals surface area contributed by atoms with Crippen molar-refractivity contribution < 1.29 is 0 Å². The van der Waals surface area contributed by atoms with Gasteiger partial charge in [-0.25, -0.2) is 4.99 Å². The molecule has 0 spiro atoms. The summed E-state index contributed by atoms with van der Waals surface area (Å²) < 4.78 is 0. The van der Waals surface area contributed by atoms with Gasteiger partial charge in [-0.1, -0.05) is 25.0 Å². The minimum atomic E-state index is 0.484. The molecule has 1 heterocycles. The van der Waals surface area contributed by atoms with Gasteiger partial charge < -0.3 is 15.5 Å². The first-order valence-electron chi connectivity index (χ1n) is 8.52. The van der Waals surface area contributed by atoms with Crippen LogP contribution in [-0.2, 0) is 6.54 Å². The lowest BCUT2D eigenvalue weighted by Crippen LogP contribution is -2.37. The van der Waals surface area contributed by atoms with Gasteiger partial charge in [0, 0.05) is 25.3 Å². The molecule has 0 bridgehead atoms.